The molecule has 0 fully saturated rings. The van der Waals surface area contributed by atoms with E-state index in [-0.39, 0.29) is 0 Å². The van der Waals surface area contributed by atoms with Crippen LogP contribution in [0, 0.1) is 19.3 Å². The molecule has 0 aromatic heterocycles. The van der Waals surface area contributed by atoms with Crippen molar-refractivity contribution in [1.29, 1.82) is 0 Å². The highest BCUT2D eigenvalue weighted by atomic mass is 19.4. The standard InChI is InChI=1S/C21H20F3NO/c1-13-6-5-7-14(2)18(13)25-19-20(3,4)12-17(26-19)15-8-10-16(11-9-15)21(22,23)24/h5-12H,1-4H3. The smallest absolute Gasteiger partial charge is 0.416 e. The molecule has 136 valence electrons. The highest BCUT2D eigenvalue weighted by Gasteiger charge is 2.35. The number of hydrogen-bond acceptors (Lipinski definition) is 2. The van der Waals surface area contributed by atoms with Crippen LogP contribution in [0.15, 0.2) is 53.5 Å². The third kappa shape index (κ3) is 3.52. The summed E-state index contributed by atoms with van der Waals surface area (Å²) in [5.74, 6) is 1.05. The SMILES string of the molecule is Cc1cccc(C)c1N=C1OC(c2ccc(C(F)(F)F)cc2)=CC1(C)C. The molecular formula is C21H20F3NO. The van der Waals surface area contributed by atoms with Gasteiger partial charge in [0.05, 0.1) is 16.7 Å². The maximum absolute atomic E-state index is 12.7. The molecule has 3 rings (SSSR count). The largest absolute Gasteiger partial charge is 0.442 e. The quantitative estimate of drug-likeness (QED) is 0.604. The Labute approximate surface area is 151 Å². The van der Waals surface area contributed by atoms with Gasteiger partial charge >= 0.3 is 6.18 Å². The predicted octanol–water partition coefficient (Wildman–Crippen LogP) is 6.45. The molecule has 26 heavy (non-hydrogen) atoms. The summed E-state index contributed by atoms with van der Waals surface area (Å²) in [6, 6.07) is 10.9. The van der Waals surface area contributed by atoms with Gasteiger partial charge in [0, 0.05) is 5.56 Å². The highest BCUT2D eigenvalue weighted by molar-refractivity contribution is 5.96. The van der Waals surface area contributed by atoms with Crippen molar-refractivity contribution in [3.63, 3.8) is 0 Å². The summed E-state index contributed by atoms with van der Waals surface area (Å²) in [4.78, 5) is 4.70. The number of alkyl halides is 3. The fourth-order valence-corrected chi connectivity index (χ4v) is 2.87. The molecule has 0 saturated heterocycles. The zero-order valence-electron chi connectivity index (χ0n) is 15.1. The summed E-state index contributed by atoms with van der Waals surface area (Å²) in [5.41, 5.74) is 2.41. The minimum atomic E-state index is -4.35. The van der Waals surface area contributed by atoms with Crippen molar-refractivity contribution < 1.29 is 17.9 Å². The number of halogens is 3. The van der Waals surface area contributed by atoms with E-state index in [0.717, 1.165) is 28.9 Å². The van der Waals surface area contributed by atoms with Crippen molar-refractivity contribution in [3.8, 4) is 0 Å². The normalized spacial score (nSPS) is 18.0. The van der Waals surface area contributed by atoms with Crippen LogP contribution in [0.1, 0.15) is 36.1 Å². The molecule has 2 aromatic carbocycles. The van der Waals surface area contributed by atoms with Crippen LogP contribution in [0.3, 0.4) is 0 Å². The molecule has 5 heteroatoms. The Morgan fingerprint density at radius 1 is 0.923 bits per heavy atom. The number of nitrogens with zero attached hydrogens (tertiary/aromatic N) is 1. The Morgan fingerprint density at radius 2 is 1.50 bits per heavy atom. The van der Waals surface area contributed by atoms with Crippen LogP contribution >= 0.6 is 0 Å². The zero-order valence-corrected chi connectivity index (χ0v) is 15.1. The molecule has 0 atom stereocenters. The minimum Gasteiger partial charge on any atom is -0.442 e. The average molecular weight is 359 g/mol. The molecule has 0 N–H and O–H groups in total. The fraction of sp³-hybridized carbons (Fsp3) is 0.286. The first-order valence-electron chi connectivity index (χ1n) is 8.32. The van der Waals surface area contributed by atoms with E-state index < -0.39 is 17.2 Å². The predicted molar refractivity (Wildman–Crippen MR) is 97.3 cm³/mol. The highest BCUT2D eigenvalue weighted by Crippen LogP contribution is 2.38. The van der Waals surface area contributed by atoms with Crippen molar-refractivity contribution in [2.24, 2.45) is 10.4 Å². The lowest BCUT2D eigenvalue weighted by atomic mass is 9.93. The molecule has 2 aromatic rings. The molecule has 0 spiro atoms. The third-order valence-corrected chi connectivity index (χ3v) is 4.40. The maximum atomic E-state index is 12.7. The minimum absolute atomic E-state index is 0.452. The molecule has 0 aliphatic carbocycles. The van der Waals surface area contributed by atoms with Gasteiger partial charge in [-0.2, -0.15) is 13.2 Å². The second-order valence-corrected chi connectivity index (χ2v) is 7.06. The molecule has 1 aliphatic heterocycles. The second kappa shape index (κ2) is 6.31. The number of aliphatic imine (C=N–C) groups is 1. The number of aryl methyl sites for hydroxylation is 2. The lowest BCUT2D eigenvalue weighted by molar-refractivity contribution is -0.137. The summed E-state index contributed by atoms with van der Waals surface area (Å²) in [7, 11) is 0. The molecule has 0 unspecified atom stereocenters. The van der Waals surface area contributed by atoms with Crippen molar-refractivity contribution >= 4 is 17.3 Å². The van der Waals surface area contributed by atoms with Gasteiger partial charge in [-0.25, -0.2) is 4.99 Å². The summed E-state index contributed by atoms with van der Waals surface area (Å²) in [6.45, 7) is 7.91. The number of hydrogen-bond donors (Lipinski definition) is 0. The number of benzene rings is 2. The molecule has 1 aliphatic rings. The molecule has 0 amide bonds. The first-order valence-corrected chi connectivity index (χ1v) is 8.32. The van der Waals surface area contributed by atoms with Gasteiger partial charge in [0.1, 0.15) is 5.76 Å². The average Bonchev–Trinajstić information content (AvgIpc) is 2.85. The van der Waals surface area contributed by atoms with Crippen molar-refractivity contribution in [2.75, 3.05) is 0 Å². The van der Waals surface area contributed by atoms with Gasteiger partial charge in [0.15, 0.2) is 0 Å². The van der Waals surface area contributed by atoms with Crippen LogP contribution in [0.4, 0.5) is 18.9 Å². The van der Waals surface area contributed by atoms with Gasteiger partial charge in [-0.3, -0.25) is 0 Å². The van der Waals surface area contributed by atoms with E-state index in [4.69, 9.17) is 9.73 Å². The lowest BCUT2D eigenvalue weighted by Gasteiger charge is -2.15. The molecular weight excluding hydrogens is 339 g/mol. The van der Waals surface area contributed by atoms with Gasteiger partial charge in [0.2, 0.25) is 5.90 Å². The summed E-state index contributed by atoms with van der Waals surface area (Å²) in [6.07, 6.45) is -2.46. The van der Waals surface area contributed by atoms with E-state index >= 15 is 0 Å². The van der Waals surface area contributed by atoms with E-state index in [1.807, 2.05) is 52.0 Å². The Morgan fingerprint density at radius 3 is 2.04 bits per heavy atom. The first kappa shape index (κ1) is 18.2. The van der Waals surface area contributed by atoms with E-state index in [1.165, 1.54) is 12.1 Å². The van der Waals surface area contributed by atoms with Gasteiger partial charge in [-0.1, -0.05) is 30.3 Å². The summed E-state index contributed by atoms with van der Waals surface area (Å²) in [5, 5.41) is 0. The fourth-order valence-electron chi connectivity index (χ4n) is 2.87. The number of rotatable bonds is 2. The van der Waals surface area contributed by atoms with E-state index in [0.29, 0.717) is 17.2 Å². The van der Waals surface area contributed by atoms with E-state index in [9.17, 15) is 13.2 Å². The second-order valence-electron chi connectivity index (χ2n) is 7.06. The van der Waals surface area contributed by atoms with Gasteiger partial charge in [-0.15, -0.1) is 0 Å². The Kier molecular flexibility index (Phi) is 4.42. The number of para-hydroxylation sites is 1. The van der Waals surface area contributed by atoms with E-state index in [2.05, 4.69) is 0 Å². The van der Waals surface area contributed by atoms with Crippen molar-refractivity contribution in [1.82, 2.24) is 0 Å². The zero-order chi connectivity index (χ0) is 19.1. The maximum Gasteiger partial charge on any atom is 0.416 e. The lowest BCUT2D eigenvalue weighted by Crippen LogP contribution is -2.18. The topological polar surface area (TPSA) is 21.6 Å². The van der Waals surface area contributed by atoms with Crippen molar-refractivity contribution in [2.45, 2.75) is 33.9 Å². The van der Waals surface area contributed by atoms with E-state index in [1.54, 1.807) is 0 Å². The van der Waals surface area contributed by atoms with Crippen LogP contribution in [-0.2, 0) is 10.9 Å². The van der Waals surface area contributed by atoms with Gasteiger partial charge in [0.25, 0.3) is 0 Å². The molecule has 0 saturated carbocycles. The molecule has 1 heterocycles. The third-order valence-electron chi connectivity index (χ3n) is 4.40. The van der Waals surface area contributed by atoms with Crippen LogP contribution in [0.5, 0.6) is 0 Å². The van der Waals surface area contributed by atoms with Gasteiger partial charge in [-0.05, 0) is 57.0 Å². The first-order chi connectivity index (χ1) is 12.1. The number of ether oxygens (including phenoxy) is 1. The summed E-state index contributed by atoms with van der Waals surface area (Å²) < 4.78 is 44.1. The van der Waals surface area contributed by atoms with Crippen LogP contribution < -0.4 is 0 Å². The monoisotopic (exact) mass is 359 g/mol. The Hall–Kier alpha value is -2.56. The van der Waals surface area contributed by atoms with Crippen LogP contribution in [-0.4, -0.2) is 5.90 Å². The molecule has 0 radical (unpaired) electrons. The summed E-state index contributed by atoms with van der Waals surface area (Å²) >= 11 is 0. The van der Waals surface area contributed by atoms with Crippen LogP contribution in [0.2, 0.25) is 0 Å². The Bertz CT molecular complexity index is 870. The van der Waals surface area contributed by atoms with Crippen molar-refractivity contribution in [3.05, 3.63) is 70.8 Å². The molecule has 2 nitrogen and oxygen atoms in total. The van der Waals surface area contributed by atoms with Crippen LogP contribution in [0.25, 0.3) is 5.76 Å². The van der Waals surface area contributed by atoms with Gasteiger partial charge < -0.3 is 4.74 Å². The Balaban J connectivity index is 1.93. The molecule has 0 bridgehead atoms.